The van der Waals surface area contributed by atoms with Gasteiger partial charge in [0, 0.05) is 0 Å². The molecule has 1 saturated carbocycles. The highest BCUT2D eigenvalue weighted by atomic mass is 32.1. The Balaban J connectivity index is 1.66. The molecule has 2 aromatic heterocycles. The molecule has 4 nitrogen and oxygen atoms in total. The van der Waals surface area contributed by atoms with E-state index in [1.807, 2.05) is 24.3 Å². The largest absolute Gasteiger partial charge is 0.488 e. The first-order valence-electron chi connectivity index (χ1n) is 8.03. The van der Waals surface area contributed by atoms with Crippen molar-refractivity contribution in [1.29, 1.82) is 0 Å². The van der Waals surface area contributed by atoms with Crippen LogP contribution in [0.15, 0.2) is 36.0 Å². The fourth-order valence-electron chi connectivity index (χ4n) is 3.10. The van der Waals surface area contributed by atoms with Crippen molar-refractivity contribution in [2.75, 3.05) is 5.32 Å². The molecule has 0 aliphatic heterocycles. The van der Waals surface area contributed by atoms with Gasteiger partial charge in [0.2, 0.25) is 0 Å². The van der Waals surface area contributed by atoms with Gasteiger partial charge in [-0.05, 0) is 55.7 Å². The number of aromatic nitrogens is 2. The SMILES string of the molecule is Cc1csc2ncnc(Nc3ccccc3OC3CCCC3)c12. The number of fused-ring (bicyclic) bond motifs is 1. The Kier molecular flexibility index (Phi) is 3.87. The van der Waals surface area contributed by atoms with Crippen molar-refractivity contribution < 1.29 is 4.74 Å². The zero-order valence-corrected chi connectivity index (χ0v) is 13.9. The van der Waals surface area contributed by atoms with Crippen LogP contribution in [-0.2, 0) is 0 Å². The van der Waals surface area contributed by atoms with E-state index in [1.165, 1.54) is 18.4 Å². The van der Waals surface area contributed by atoms with Gasteiger partial charge in [0.15, 0.2) is 0 Å². The monoisotopic (exact) mass is 325 g/mol. The number of ether oxygens (including phenoxy) is 1. The lowest BCUT2D eigenvalue weighted by atomic mass is 10.2. The van der Waals surface area contributed by atoms with Gasteiger partial charge in [-0.1, -0.05) is 12.1 Å². The fraction of sp³-hybridized carbons (Fsp3) is 0.333. The van der Waals surface area contributed by atoms with Crippen LogP contribution < -0.4 is 10.1 Å². The van der Waals surface area contributed by atoms with E-state index in [1.54, 1.807) is 17.7 Å². The summed E-state index contributed by atoms with van der Waals surface area (Å²) in [7, 11) is 0. The number of benzene rings is 1. The van der Waals surface area contributed by atoms with Gasteiger partial charge < -0.3 is 10.1 Å². The van der Waals surface area contributed by atoms with E-state index >= 15 is 0 Å². The summed E-state index contributed by atoms with van der Waals surface area (Å²) in [6.45, 7) is 2.09. The standard InChI is InChI=1S/C18H19N3OS/c1-12-10-23-18-16(12)17(19-11-20-18)21-14-8-4-5-9-15(14)22-13-6-2-3-7-13/h4-5,8-11,13H,2-3,6-7H2,1H3,(H,19,20,21). The molecule has 118 valence electrons. The molecular formula is C18H19N3OS. The topological polar surface area (TPSA) is 47.0 Å². The molecule has 0 radical (unpaired) electrons. The first kappa shape index (κ1) is 14.5. The molecule has 1 N–H and O–H groups in total. The van der Waals surface area contributed by atoms with Gasteiger partial charge in [-0.3, -0.25) is 0 Å². The maximum atomic E-state index is 6.20. The lowest BCUT2D eigenvalue weighted by molar-refractivity contribution is 0.211. The van der Waals surface area contributed by atoms with Crippen molar-refractivity contribution in [1.82, 2.24) is 9.97 Å². The van der Waals surface area contributed by atoms with Crippen LogP contribution >= 0.6 is 11.3 Å². The first-order valence-corrected chi connectivity index (χ1v) is 8.91. The zero-order chi connectivity index (χ0) is 15.6. The molecule has 0 amide bonds. The molecule has 0 bridgehead atoms. The second-order valence-electron chi connectivity index (χ2n) is 5.97. The molecule has 5 heteroatoms. The molecule has 2 heterocycles. The van der Waals surface area contributed by atoms with E-state index in [9.17, 15) is 0 Å². The minimum absolute atomic E-state index is 0.339. The van der Waals surface area contributed by atoms with E-state index < -0.39 is 0 Å². The van der Waals surface area contributed by atoms with E-state index in [0.29, 0.717) is 6.10 Å². The van der Waals surface area contributed by atoms with Crippen LogP contribution in [-0.4, -0.2) is 16.1 Å². The molecule has 1 aliphatic carbocycles. The van der Waals surface area contributed by atoms with Crippen LogP contribution in [0.1, 0.15) is 31.2 Å². The van der Waals surface area contributed by atoms with Crippen LogP contribution in [0, 0.1) is 6.92 Å². The Bertz CT molecular complexity index is 824. The number of para-hydroxylation sites is 2. The highest BCUT2D eigenvalue weighted by Crippen LogP contribution is 2.34. The van der Waals surface area contributed by atoms with Crippen LogP contribution in [0.2, 0.25) is 0 Å². The Morgan fingerprint density at radius 3 is 2.87 bits per heavy atom. The second kappa shape index (κ2) is 6.16. The van der Waals surface area contributed by atoms with Gasteiger partial charge >= 0.3 is 0 Å². The molecule has 0 saturated heterocycles. The van der Waals surface area contributed by atoms with E-state index in [4.69, 9.17) is 4.74 Å². The average molecular weight is 325 g/mol. The van der Waals surface area contributed by atoms with Gasteiger partial charge in [0.1, 0.15) is 22.7 Å². The normalized spacial score (nSPS) is 15.2. The maximum Gasteiger partial charge on any atom is 0.143 e. The van der Waals surface area contributed by atoms with Crippen molar-refractivity contribution >= 4 is 33.1 Å². The van der Waals surface area contributed by atoms with Gasteiger partial charge in [0.25, 0.3) is 0 Å². The molecule has 1 fully saturated rings. The summed E-state index contributed by atoms with van der Waals surface area (Å²) in [5, 5.41) is 6.65. The van der Waals surface area contributed by atoms with E-state index in [-0.39, 0.29) is 0 Å². The Labute approximate surface area is 139 Å². The number of nitrogens with zero attached hydrogens (tertiary/aromatic N) is 2. The summed E-state index contributed by atoms with van der Waals surface area (Å²) in [5.74, 6) is 1.75. The minimum Gasteiger partial charge on any atom is -0.488 e. The van der Waals surface area contributed by atoms with Gasteiger partial charge in [-0.25, -0.2) is 9.97 Å². The third-order valence-electron chi connectivity index (χ3n) is 4.29. The Hall–Kier alpha value is -2.14. The quantitative estimate of drug-likeness (QED) is 0.728. The average Bonchev–Trinajstić information content (AvgIpc) is 3.20. The number of rotatable bonds is 4. The summed E-state index contributed by atoms with van der Waals surface area (Å²) >= 11 is 1.65. The molecule has 0 atom stereocenters. The lowest BCUT2D eigenvalue weighted by Crippen LogP contribution is -2.12. The number of hydrogen-bond donors (Lipinski definition) is 1. The van der Waals surface area contributed by atoms with E-state index in [0.717, 1.165) is 40.3 Å². The van der Waals surface area contributed by atoms with Gasteiger partial charge in [-0.15, -0.1) is 11.3 Å². The van der Waals surface area contributed by atoms with Crippen molar-refractivity contribution in [3.63, 3.8) is 0 Å². The van der Waals surface area contributed by atoms with E-state index in [2.05, 4.69) is 27.6 Å². The molecule has 0 spiro atoms. The fourth-order valence-corrected chi connectivity index (χ4v) is 3.99. The number of nitrogens with one attached hydrogen (secondary N) is 1. The number of thiophene rings is 1. The third kappa shape index (κ3) is 2.88. The Morgan fingerprint density at radius 1 is 1.17 bits per heavy atom. The maximum absolute atomic E-state index is 6.20. The van der Waals surface area contributed by atoms with Crippen molar-refractivity contribution in [2.45, 2.75) is 38.7 Å². The Morgan fingerprint density at radius 2 is 2.00 bits per heavy atom. The lowest BCUT2D eigenvalue weighted by Gasteiger charge is -2.17. The molecule has 4 rings (SSSR count). The summed E-state index contributed by atoms with van der Waals surface area (Å²) in [5.41, 5.74) is 2.16. The van der Waals surface area contributed by atoms with Crippen molar-refractivity contribution in [3.05, 3.63) is 41.5 Å². The number of aryl methyl sites for hydroxylation is 1. The van der Waals surface area contributed by atoms with Gasteiger partial charge in [-0.2, -0.15) is 0 Å². The minimum atomic E-state index is 0.339. The van der Waals surface area contributed by atoms with Crippen molar-refractivity contribution in [2.24, 2.45) is 0 Å². The highest BCUT2D eigenvalue weighted by molar-refractivity contribution is 7.17. The summed E-state index contributed by atoms with van der Waals surface area (Å²) in [6, 6.07) is 8.10. The first-order chi connectivity index (χ1) is 11.3. The number of anilines is 2. The predicted octanol–water partition coefficient (Wildman–Crippen LogP) is 5.06. The predicted molar refractivity (Wildman–Crippen MR) is 94.8 cm³/mol. The summed E-state index contributed by atoms with van der Waals surface area (Å²) < 4.78 is 6.20. The van der Waals surface area contributed by atoms with Crippen LogP contribution in [0.25, 0.3) is 10.2 Å². The third-order valence-corrected chi connectivity index (χ3v) is 5.29. The van der Waals surface area contributed by atoms with Crippen LogP contribution in [0.5, 0.6) is 5.75 Å². The molecule has 1 aromatic carbocycles. The summed E-state index contributed by atoms with van der Waals surface area (Å²) in [4.78, 5) is 9.79. The van der Waals surface area contributed by atoms with Crippen LogP contribution in [0.3, 0.4) is 0 Å². The second-order valence-corrected chi connectivity index (χ2v) is 6.82. The smallest absolute Gasteiger partial charge is 0.143 e. The molecule has 0 unspecified atom stereocenters. The van der Waals surface area contributed by atoms with Gasteiger partial charge in [0.05, 0.1) is 17.2 Å². The summed E-state index contributed by atoms with van der Waals surface area (Å²) in [6.07, 6.45) is 6.78. The molecule has 3 aromatic rings. The zero-order valence-electron chi connectivity index (χ0n) is 13.1. The molecule has 23 heavy (non-hydrogen) atoms. The number of hydrogen-bond acceptors (Lipinski definition) is 5. The van der Waals surface area contributed by atoms with Crippen LogP contribution in [0.4, 0.5) is 11.5 Å². The molecular weight excluding hydrogens is 306 g/mol. The highest BCUT2D eigenvalue weighted by Gasteiger charge is 2.18. The van der Waals surface area contributed by atoms with Crippen molar-refractivity contribution in [3.8, 4) is 5.75 Å². The molecule has 1 aliphatic rings.